The van der Waals surface area contributed by atoms with E-state index in [2.05, 4.69) is 13.8 Å². The van der Waals surface area contributed by atoms with Gasteiger partial charge in [-0.3, -0.25) is 0 Å². The number of carbonyl (C=O) groups is 1. The van der Waals surface area contributed by atoms with E-state index in [9.17, 15) is 4.79 Å². The van der Waals surface area contributed by atoms with Gasteiger partial charge in [-0.25, -0.2) is 4.79 Å². The Bertz CT molecular complexity index is 331. The predicted octanol–water partition coefficient (Wildman–Crippen LogP) is 2.89. The van der Waals surface area contributed by atoms with Crippen molar-refractivity contribution in [2.75, 3.05) is 0 Å². The maximum Gasteiger partial charge on any atom is 0.352 e. The fraction of sp³-hybridized carbons (Fsp3) is 0.500. The molecule has 1 aromatic heterocycles. The summed E-state index contributed by atoms with van der Waals surface area (Å²) < 4.78 is 1.69. The summed E-state index contributed by atoms with van der Waals surface area (Å²) in [4.78, 5) is 10.8. The highest BCUT2D eigenvalue weighted by Gasteiger charge is 2.11. The van der Waals surface area contributed by atoms with Crippen LogP contribution in [0.15, 0.2) is 12.3 Å². The molecule has 0 aliphatic carbocycles. The van der Waals surface area contributed by atoms with Gasteiger partial charge in [0.15, 0.2) is 0 Å². The van der Waals surface area contributed by atoms with E-state index in [-0.39, 0.29) is 5.69 Å². The van der Waals surface area contributed by atoms with Gasteiger partial charge in [0.2, 0.25) is 0 Å². The average Bonchev–Trinajstić information content (AvgIpc) is 2.43. The fourth-order valence-electron chi connectivity index (χ4n) is 1.24. The summed E-state index contributed by atoms with van der Waals surface area (Å²) in [6.07, 6.45) is 2.61. The van der Waals surface area contributed by atoms with Crippen LogP contribution in [0.2, 0.25) is 5.02 Å². The zero-order valence-corrected chi connectivity index (χ0v) is 9.08. The van der Waals surface area contributed by atoms with E-state index in [0.29, 0.717) is 17.5 Å². The molecule has 0 amide bonds. The normalized spacial score (nSPS) is 10.9. The number of carboxylic acids is 1. The molecule has 1 heterocycles. The summed E-state index contributed by atoms with van der Waals surface area (Å²) in [5.41, 5.74) is 0.260. The first-order valence-corrected chi connectivity index (χ1v) is 4.97. The highest BCUT2D eigenvalue weighted by atomic mass is 35.5. The van der Waals surface area contributed by atoms with Crippen LogP contribution in [0.1, 0.15) is 30.8 Å². The molecule has 1 N–H and O–H groups in total. The Morgan fingerprint density at radius 1 is 1.64 bits per heavy atom. The van der Waals surface area contributed by atoms with Gasteiger partial charge in [0.05, 0.1) is 5.02 Å². The second kappa shape index (κ2) is 4.51. The summed E-state index contributed by atoms with van der Waals surface area (Å²) in [5.74, 6) is -0.376. The van der Waals surface area contributed by atoms with Gasteiger partial charge in [0.25, 0.3) is 0 Å². The molecule has 0 bridgehead atoms. The maximum absolute atomic E-state index is 10.8. The molecule has 3 nitrogen and oxygen atoms in total. The van der Waals surface area contributed by atoms with Gasteiger partial charge >= 0.3 is 5.97 Å². The molecule has 0 saturated heterocycles. The molecule has 0 spiro atoms. The lowest BCUT2D eigenvalue weighted by molar-refractivity contribution is 0.0684. The van der Waals surface area contributed by atoms with E-state index in [1.54, 1.807) is 10.8 Å². The molecule has 0 unspecified atom stereocenters. The molecule has 1 aromatic rings. The van der Waals surface area contributed by atoms with E-state index < -0.39 is 5.97 Å². The van der Waals surface area contributed by atoms with Crippen molar-refractivity contribution >= 4 is 17.6 Å². The SMILES string of the molecule is CC(C)CCn1cc(Cl)cc1C(=O)O. The quantitative estimate of drug-likeness (QED) is 0.839. The van der Waals surface area contributed by atoms with Crippen molar-refractivity contribution in [3.8, 4) is 0 Å². The molecule has 78 valence electrons. The second-order valence-electron chi connectivity index (χ2n) is 3.72. The van der Waals surface area contributed by atoms with Crippen LogP contribution in [0.5, 0.6) is 0 Å². The van der Waals surface area contributed by atoms with Crippen LogP contribution in [0, 0.1) is 5.92 Å². The molecular weight excluding hydrogens is 202 g/mol. The molecule has 0 aromatic carbocycles. The minimum absolute atomic E-state index is 0.260. The molecule has 0 aliphatic rings. The molecule has 0 fully saturated rings. The summed E-state index contributed by atoms with van der Waals surface area (Å²) in [6, 6.07) is 1.48. The summed E-state index contributed by atoms with van der Waals surface area (Å²) in [6.45, 7) is 4.91. The van der Waals surface area contributed by atoms with Crippen molar-refractivity contribution in [1.82, 2.24) is 4.57 Å². The monoisotopic (exact) mass is 215 g/mol. The van der Waals surface area contributed by atoms with Gasteiger partial charge in [-0.15, -0.1) is 0 Å². The molecular formula is C10H14ClNO2. The number of carboxylic acid groups (broad SMARTS) is 1. The van der Waals surface area contributed by atoms with Crippen molar-refractivity contribution in [2.45, 2.75) is 26.8 Å². The highest BCUT2D eigenvalue weighted by Crippen LogP contribution is 2.15. The zero-order chi connectivity index (χ0) is 10.7. The predicted molar refractivity (Wildman–Crippen MR) is 55.9 cm³/mol. The van der Waals surface area contributed by atoms with Crippen molar-refractivity contribution < 1.29 is 9.90 Å². The lowest BCUT2D eigenvalue weighted by Gasteiger charge is -2.07. The third-order valence-electron chi connectivity index (χ3n) is 2.03. The number of halogens is 1. The highest BCUT2D eigenvalue weighted by molar-refractivity contribution is 6.30. The fourth-order valence-corrected chi connectivity index (χ4v) is 1.46. The molecule has 0 aliphatic heterocycles. The minimum Gasteiger partial charge on any atom is -0.477 e. The van der Waals surface area contributed by atoms with Crippen molar-refractivity contribution in [3.63, 3.8) is 0 Å². The minimum atomic E-state index is -0.930. The summed E-state index contributed by atoms with van der Waals surface area (Å²) >= 11 is 5.74. The Hall–Kier alpha value is -0.960. The van der Waals surface area contributed by atoms with E-state index in [4.69, 9.17) is 16.7 Å². The number of aromatic carboxylic acids is 1. The van der Waals surface area contributed by atoms with Crippen LogP contribution in [-0.4, -0.2) is 15.6 Å². The van der Waals surface area contributed by atoms with Crippen LogP contribution in [0.25, 0.3) is 0 Å². The number of nitrogens with zero attached hydrogens (tertiary/aromatic N) is 1. The van der Waals surface area contributed by atoms with Crippen LogP contribution < -0.4 is 0 Å². The summed E-state index contributed by atoms with van der Waals surface area (Å²) in [7, 11) is 0. The van der Waals surface area contributed by atoms with Crippen molar-refractivity contribution in [1.29, 1.82) is 0 Å². The lowest BCUT2D eigenvalue weighted by Crippen LogP contribution is -2.08. The molecule has 4 heteroatoms. The second-order valence-corrected chi connectivity index (χ2v) is 4.16. The first kappa shape index (κ1) is 11.1. The Balaban J connectivity index is 2.79. The van der Waals surface area contributed by atoms with Crippen molar-refractivity contribution in [2.24, 2.45) is 5.92 Å². The third-order valence-corrected chi connectivity index (χ3v) is 2.24. The first-order chi connectivity index (χ1) is 6.50. The number of aryl methyl sites for hydroxylation is 1. The first-order valence-electron chi connectivity index (χ1n) is 4.59. The maximum atomic E-state index is 10.8. The van der Waals surface area contributed by atoms with Crippen LogP contribution in [0.3, 0.4) is 0 Å². The van der Waals surface area contributed by atoms with Gasteiger partial charge in [-0.05, 0) is 18.4 Å². The van der Waals surface area contributed by atoms with E-state index >= 15 is 0 Å². The number of hydrogen-bond donors (Lipinski definition) is 1. The topological polar surface area (TPSA) is 42.2 Å². The lowest BCUT2D eigenvalue weighted by atomic mass is 10.1. The van der Waals surface area contributed by atoms with Crippen LogP contribution in [-0.2, 0) is 6.54 Å². The average molecular weight is 216 g/mol. The van der Waals surface area contributed by atoms with E-state index in [1.807, 2.05) is 0 Å². The Labute approximate surface area is 88.3 Å². The number of aromatic nitrogens is 1. The van der Waals surface area contributed by atoms with Gasteiger partial charge in [0.1, 0.15) is 5.69 Å². The zero-order valence-electron chi connectivity index (χ0n) is 8.33. The smallest absolute Gasteiger partial charge is 0.352 e. The van der Waals surface area contributed by atoms with Crippen LogP contribution in [0.4, 0.5) is 0 Å². The Morgan fingerprint density at radius 3 is 2.79 bits per heavy atom. The van der Waals surface area contributed by atoms with Gasteiger partial charge in [0, 0.05) is 12.7 Å². The molecule has 0 atom stereocenters. The van der Waals surface area contributed by atoms with E-state index in [0.717, 1.165) is 6.42 Å². The van der Waals surface area contributed by atoms with E-state index in [1.165, 1.54) is 6.07 Å². The standard InChI is InChI=1S/C10H14ClNO2/c1-7(2)3-4-12-6-8(11)5-9(12)10(13)14/h5-7H,3-4H2,1-2H3,(H,13,14). The van der Waals surface area contributed by atoms with Crippen molar-refractivity contribution in [3.05, 3.63) is 23.0 Å². The molecule has 1 rings (SSSR count). The molecule has 14 heavy (non-hydrogen) atoms. The Morgan fingerprint density at radius 2 is 2.29 bits per heavy atom. The third kappa shape index (κ3) is 2.77. The molecule has 0 saturated carbocycles. The van der Waals surface area contributed by atoms with Gasteiger partial charge in [-0.1, -0.05) is 25.4 Å². The number of hydrogen-bond acceptors (Lipinski definition) is 1. The summed E-state index contributed by atoms with van der Waals surface area (Å²) in [5, 5.41) is 9.34. The van der Waals surface area contributed by atoms with Gasteiger partial charge in [-0.2, -0.15) is 0 Å². The Kier molecular flexibility index (Phi) is 3.58. The largest absolute Gasteiger partial charge is 0.477 e. The van der Waals surface area contributed by atoms with Crippen LogP contribution >= 0.6 is 11.6 Å². The van der Waals surface area contributed by atoms with Gasteiger partial charge < -0.3 is 9.67 Å². The molecule has 0 radical (unpaired) electrons. The number of rotatable bonds is 4.